The summed E-state index contributed by atoms with van der Waals surface area (Å²) in [6.07, 6.45) is 2.94. The van der Waals surface area contributed by atoms with Crippen molar-refractivity contribution in [2.75, 3.05) is 6.54 Å². The van der Waals surface area contributed by atoms with Crippen LogP contribution in [0.4, 0.5) is 0 Å². The van der Waals surface area contributed by atoms with Gasteiger partial charge in [0, 0.05) is 16.0 Å². The van der Waals surface area contributed by atoms with Crippen LogP contribution in [0.2, 0.25) is 0 Å². The van der Waals surface area contributed by atoms with Crippen LogP contribution in [-0.4, -0.2) is 16.7 Å². The molecular formula is C12H17N3S. The largest absolute Gasteiger partial charge is 0.304 e. The lowest BCUT2D eigenvalue weighted by Crippen LogP contribution is -2.22. The monoisotopic (exact) mass is 235 g/mol. The van der Waals surface area contributed by atoms with E-state index in [1.54, 1.807) is 6.20 Å². The Balaban J connectivity index is 2.21. The molecule has 2 aromatic rings. The van der Waals surface area contributed by atoms with Crippen molar-refractivity contribution in [1.82, 2.24) is 15.5 Å². The van der Waals surface area contributed by atoms with Gasteiger partial charge in [0.05, 0.1) is 11.7 Å². The molecule has 0 bridgehead atoms. The molecule has 0 amide bonds. The molecule has 2 rings (SSSR count). The smallest absolute Gasteiger partial charge is 0.0839 e. The van der Waals surface area contributed by atoms with E-state index in [0.29, 0.717) is 0 Å². The van der Waals surface area contributed by atoms with Crippen molar-refractivity contribution in [2.24, 2.45) is 0 Å². The van der Waals surface area contributed by atoms with E-state index in [9.17, 15) is 0 Å². The van der Waals surface area contributed by atoms with Crippen molar-refractivity contribution in [2.45, 2.75) is 26.3 Å². The first-order valence-electron chi connectivity index (χ1n) is 5.60. The van der Waals surface area contributed by atoms with Crippen LogP contribution in [0.1, 0.15) is 34.8 Å². The van der Waals surface area contributed by atoms with Crippen molar-refractivity contribution < 1.29 is 0 Å². The molecule has 2 N–H and O–H groups in total. The van der Waals surface area contributed by atoms with Crippen LogP contribution in [0.15, 0.2) is 24.4 Å². The molecule has 3 nitrogen and oxygen atoms in total. The maximum Gasteiger partial charge on any atom is 0.0839 e. The van der Waals surface area contributed by atoms with Crippen LogP contribution in [-0.2, 0) is 0 Å². The molecule has 0 aromatic carbocycles. The number of nitrogens with one attached hydrogen (secondary N) is 2. The lowest BCUT2D eigenvalue weighted by molar-refractivity contribution is 0.592. The zero-order chi connectivity index (χ0) is 11.4. The summed E-state index contributed by atoms with van der Waals surface area (Å²) in [4.78, 5) is 2.69. The highest BCUT2D eigenvalue weighted by atomic mass is 32.1. The van der Waals surface area contributed by atoms with E-state index in [0.717, 1.165) is 18.7 Å². The molecule has 0 aliphatic rings. The maximum absolute atomic E-state index is 4.02. The van der Waals surface area contributed by atoms with Gasteiger partial charge in [0.2, 0.25) is 0 Å². The van der Waals surface area contributed by atoms with Crippen molar-refractivity contribution in [3.8, 4) is 0 Å². The second-order valence-electron chi connectivity index (χ2n) is 3.85. The fourth-order valence-electron chi connectivity index (χ4n) is 1.69. The number of aromatic nitrogens is 2. The van der Waals surface area contributed by atoms with Crippen molar-refractivity contribution >= 4 is 11.3 Å². The maximum atomic E-state index is 4.02. The zero-order valence-corrected chi connectivity index (χ0v) is 10.5. The predicted molar refractivity (Wildman–Crippen MR) is 67.8 cm³/mol. The summed E-state index contributed by atoms with van der Waals surface area (Å²) in [7, 11) is 0. The van der Waals surface area contributed by atoms with Crippen LogP contribution < -0.4 is 5.32 Å². The Morgan fingerprint density at radius 2 is 2.31 bits per heavy atom. The highest BCUT2D eigenvalue weighted by molar-refractivity contribution is 7.12. The third-order valence-corrected chi connectivity index (χ3v) is 3.54. The van der Waals surface area contributed by atoms with Crippen LogP contribution in [0.5, 0.6) is 0 Å². The SMILES string of the molecule is CCCNC(c1ccn[nH]1)c1ccc(C)s1. The van der Waals surface area contributed by atoms with Gasteiger partial charge in [-0.3, -0.25) is 5.10 Å². The van der Waals surface area contributed by atoms with Gasteiger partial charge in [-0.25, -0.2) is 0 Å². The molecule has 0 fully saturated rings. The molecule has 0 spiro atoms. The standard InChI is InChI=1S/C12H17N3S/c1-3-7-13-12(10-6-8-14-15-10)11-5-4-9(2)16-11/h4-6,8,12-13H,3,7H2,1-2H3,(H,14,15). The molecule has 0 saturated carbocycles. The summed E-state index contributed by atoms with van der Waals surface area (Å²) in [5.74, 6) is 0. The van der Waals surface area contributed by atoms with Gasteiger partial charge in [-0.1, -0.05) is 6.92 Å². The third kappa shape index (κ3) is 2.51. The van der Waals surface area contributed by atoms with E-state index in [-0.39, 0.29) is 6.04 Å². The van der Waals surface area contributed by atoms with Crippen LogP contribution in [0, 0.1) is 6.92 Å². The van der Waals surface area contributed by atoms with Gasteiger partial charge in [-0.15, -0.1) is 11.3 Å². The summed E-state index contributed by atoms with van der Waals surface area (Å²) in [6, 6.07) is 6.63. The minimum Gasteiger partial charge on any atom is -0.304 e. The van der Waals surface area contributed by atoms with Gasteiger partial charge >= 0.3 is 0 Å². The Kier molecular flexibility index (Phi) is 3.74. The first-order chi connectivity index (χ1) is 7.81. The summed E-state index contributed by atoms with van der Waals surface area (Å²) in [5.41, 5.74) is 1.13. The lowest BCUT2D eigenvalue weighted by atomic mass is 10.1. The molecule has 86 valence electrons. The molecule has 16 heavy (non-hydrogen) atoms. The topological polar surface area (TPSA) is 40.7 Å². The highest BCUT2D eigenvalue weighted by Crippen LogP contribution is 2.26. The van der Waals surface area contributed by atoms with E-state index < -0.39 is 0 Å². The fraction of sp³-hybridized carbons (Fsp3) is 0.417. The molecule has 4 heteroatoms. The lowest BCUT2D eigenvalue weighted by Gasteiger charge is -2.15. The van der Waals surface area contributed by atoms with Crippen LogP contribution in [0.3, 0.4) is 0 Å². The molecule has 1 unspecified atom stereocenters. The Morgan fingerprint density at radius 1 is 1.44 bits per heavy atom. The number of thiophene rings is 1. The predicted octanol–water partition coefficient (Wildman–Crippen LogP) is 2.87. The Morgan fingerprint density at radius 3 is 2.88 bits per heavy atom. The van der Waals surface area contributed by atoms with E-state index in [1.807, 2.05) is 17.4 Å². The van der Waals surface area contributed by atoms with Crippen LogP contribution in [0.25, 0.3) is 0 Å². The molecule has 1 atom stereocenters. The Labute approximate surface area is 99.9 Å². The quantitative estimate of drug-likeness (QED) is 0.836. The minimum absolute atomic E-state index is 0.251. The molecule has 2 aromatic heterocycles. The normalized spacial score (nSPS) is 12.9. The van der Waals surface area contributed by atoms with E-state index in [2.05, 4.69) is 41.5 Å². The molecule has 0 aliphatic carbocycles. The number of hydrogen-bond donors (Lipinski definition) is 2. The minimum atomic E-state index is 0.251. The molecule has 0 aliphatic heterocycles. The zero-order valence-electron chi connectivity index (χ0n) is 9.66. The van der Waals surface area contributed by atoms with Gasteiger partial charge < -0.3 is 5.32 Å². The summed E-state index contributed by atoms with van der Waals surface area (Å²) in [6.45, 7) is 5.33. The summed E-state index contributed by atoms with van der Waals surface area (Å²) >= 11 is 1.83. The van der Waals surface area contributed by atoms with Gasteiger partial charge in [0.15, 0.2) is 0 Å². The Hall–Kier alpha value is -1.13. The number of aromatic amines is 1. The van der Waals surface area contributed by atoms with Crippen molar-refractivity contribution in [3.05, 3.63) is 39.8 Å². The van der Waals surface area contributed by atoms with Gasteiger partial charge in [-0.2, -0.15) is 5.10 Å². The van der Waals surface area contributed by atoms with Crippen molar-refractivity contribution in [3.63, 3.8) is 0 Å². The highest BCUT2D eigenvalue weighted by Gasteiger charge is 2.15. The number of rotatable bonds is 5. The molecule has 0 saturated heterocycles. The number of aryl methyl sites for hydroxylation is 1. The second kappa shape index (κ2) is 5.27. The first kappa shape index (κ1) is 11.4. The second-order valence-corrected chi connectivity index (χ2v) is 5.17. The van der Waals surface area contributed by atoms with E-state index in [4.69, 9.17) is 0 Å². The summed E-state index contributed by atoms with van der Waals surface area (Å²) < 4.78 is 0. The van der Waals surface area contributed by atoms with E-state index in [1.165, 1.54) is 9.75 Å². The number of hydrogen-bond acceptors (Lipinski definition) is 3. The van der Waals surface area contributed by atoms with Crippen LogP contribution >= 0.6 is 11.3 Å². The fourth-order valence-corrected chi connectivity index (χ4v) is 2.66. The average Bonchev–Trinajstić information content (AvgIpc) is 2.91. The molecule has 0 radical (unpaired) electrons. The van der Waals surface area contributed by atoms with E-state index >= 15 is 0 Å². The number of H-pyrrole nitrogens is 1. The average molecular weight is 235 g/mol. The van der Waals surface area contributed by atoms with Gasteiger partial charge in [-0.05, 0) is 38.1 Å². The Bertz CT molecular complexity index is 419. The van der Waals surface area contributed by atoms with Gasteiger partial charge in [0.1, 0.15) is 0 Å². The molecular weight excluding hydrogens is 218 g/mol. The first-order valence-corrected chi connectivity index (χ1v) is 6.42. The van der Waals surface area contributed by atoms with Crippen molar-refractivity contribution in [1.29, 1.82) is 0 Å². The molecule has 2 heterocycles. The summed E-state index contributed by atoms with van der Waals surface area (Å²) in [5, 5.41) is 10.6. The number of nitrogens with zero attached hydrogens (tertiary/aromatic N) is 1. The van der Waals surface area contributed by atoms with Gasteiger partial charge in [0.25, 0.3) is 0 Å². The third-order valence-electron chi connectivity index (χ3n) is 2.48.